The Morgan fingerprint density at radius 1 is 1.23 bits per heavy atom. The Kier molecular flexibility index (Phi) is 6.36. The number of rotatable bonds is 5. The Bertz CT molecular complexity index is 618. The van der Waals surface area contributed by atoms with E-state index in [1.54, 1.807) is 6.08 Å². The maximum absolute atomic E-state index is 12.5. The normalized spacial score (nSPS) is 34.5. The van der Waals surface area contributed by atoms with Crippen LogP contribution in [0.1, 0.15) is 66.2 Å². The van der Waals surface area contributed by atoms with Gasteiger partial charge in [-0.3, -0.25) is 4.79 Å². The van der Waals surface area contributed by atoms with Gasteiger partial charge in [0, 0.05) is 6.08 Å². The predicted molar refractivity (Wildman–Crippen MR) is 102 cm³/mol. The first-order chi connectivity index (χ1) is 12.2. The molecule has 0 N–H and O–H groups in total. The molecule has 0 saturated heterocycles. The van der Waals surface area contributed by atoms with Crippen molar-refractivity contribution in [2.24, 2.45) is 22.7 Å². The zero-order valence-corrected chi connectivity index (χ0v) is 17.2. The number of fused-ring (bicyclic) bond motifs is 1. The number of hydrogen-bond acceptors (Lipinski definition) is 4. The molecule has 0 amide bonds. The Balaban J connectivity index is 2.27. The van der Waals surface area contributed by atoms with Crippen LogP contribution in [0.2, 0.25) is 0 Å². The number of esters is 2. The Morgan fingerprint density at radius 3 is 2.54 bits per heavy atom. The highest BCUT2D eigenvalue weighted by molar-refractivity contribution is 5.82. The van der Waals surface area contributed by atoms with Crippen LogP contribution in [0.5, 0.6) is 0 Å². The zero-order chi connectivity index (χ0) is 19.5. The summed E-state index contributed by atoms with van der Waals surface area (Å²) in [5, 5.41) is 0. The van der Waals surface area contributed by atoms with Gasteiger partial charge in [0.05, 0.1) is 19.6 Å². The van der Waals surface area contributed by atoms with E-state index in [1.165, 1.54) is 19.8 Å². The lowest BCUT2D eigenvalue weighted by atomic mass is 9.51. The van der Waals surface area contributed by atoms with Crippen LogP contribution in [-0.2, 0) is 19.1 Å². The first-order valence-corrected chi connectivity index (χ1v) is 9.73. The van der Waals surface area contributed by atoms with Crippen molar-refractivity contribution in [2.75, 3.05) is 14.2 Å². The Morgan fingerprint density at radius 2 is 1.92 bits per heavy atom. The first kappa shape index (κ1) is 20.7. The van der Waals surface area contributed by atoms with Crippen LogP contribution in [0.25, 0.3) is 0 Å². The van der Waals surface area contributed by atoms with Crippen LogP contribution in [-0.4, -0.2) is 26.2 Å². The molecule has 2 rings (SSSR count). The smallest absolute Gasteiger partial charge is 0.330 e. The quantitative estimate of drug-likeness (QED) is 0.399. The summed E-state index contributed by atoms with van der Waals surface area (Å²) in [7, 11) is 2.90. The standard InChI is InChI=1S/C22H34O4/c1-15(14-19(23)25-5)11-13-21(3)16(2)9-10-18-17(21)8-7-12-22(18,4)20(24)26-6/h8,14,16,18H,7,9-13H2,1-6H3. The van der Waals surface area contributed by atoms with E-state index in [2.05, 4.69) is 26.8 Å². The van der Waals surface area contributed by atoms with E-state index in [4.69, 9.17) is 9.47 Å². The molecule has 0 aromatic heterocycles. The number of allylic oxidation sites excluding steroid dienone is 3. The van der Waals surface area contributed by atoms with Crippen LogP contribution in [0.3, 0.4) is 0 Å². The average molecular weight is 363 g/mol. The molecule has 1 saturated carbocycles. The molecule has 0 bridgehead atoms. The fourth-order valence-corrected chi connectivity index (χ4v) is 4.97. The van der Waals surface area contributed by atoms with E-state index in [0.717, 1.165) is 44.1 Å². The molecular formula is C22H34O4. The molecule has 0 aliphatic heterocycles. The minimum absolute atomic E-state index is 0.0455. The highest BCUT2D eigenvalue weighted by atomic mass is 16.5. The molecule has 0 radical (unpaired) electrons. The Hall–Kier alpha value is -1.58. The van der Waals surface area contributed by atoms with Gasteiger partial charge in [0.15, 0.2) is 0 Å². The maximum atomic E-state index is 12.5. The zero-order valence-electron chi connectivity index (χ0n) is 17.2. The molecule has 4 heteroatoms. The van der Waals surface area contributed by atoms with Gasteiger partial charge in [-0.1, -0.05) is 31.1 Å². The minimum Gasteiger partial charge on any atom is -0.469 e. The van der Waals surface area contributed by atoms with Crippen molar-refractivity contribution in [3.63, 3.8) is 0 Å². The van der Waals surface area contributed by atoms with Crippen molar-refractivity contribution in [3.8, 4) is 0 Å². The molecule has 4 unspecified atom stereocenters. The van der Waals surface area contributed by atoms with Crippen LogP contribution in [0.15, 0.2) is 23.3 Å². The van der Waals surface area contributed by atoms with Crippen molar-refractivity contribution in [3.05, 3.63) is 23.3 Å². The summed E-state index contributed by atoms with van der Waals surface area (Å²) in [6.45, 7) is 8.72. The second kappa shape index (κ2) is 7.98. The Labute approximate surface area is 158 Å². The van der Waals surface area contributed by atoms with Gasteiger partial charge in [-0.25, -0.2) is 4.79 Å². The van der Waals surface area contributed by atoms with Gasteiger partial charge >= 0.3 is 11.9 Å². The van der Waals surface area contributed by atoms with Crippen LogP contribution < -0.4 is 0 Å². The number of methoxy groups -OCH3 is 2. The molecule has 146 valence electrons. The fourth-order valence-electron chi connectivity index (χ4n) is 4.97. The van der Waals surface area contributed by atoms with Crippen molar-refractivity contribution in [2.45, 2.75) is 66.2 Å². The van der Waals surface area contributed by atoms with Crippen molar-refractivity contribution < 1.29 is 19.1 Å². The number of hydrogen-bond donors (Lipinski definition) is 0. The number of carbonyl (C=O) groups is 2. The van der Waals surface area contributed by atoms with Crippen molar-refractivity contribution >= 4 is 11.9 Å². The van der Waals surface area contributed by atoms with Gasteiger partial charge in [-0.05, 0) is 69.6 Å². The third kappa shape index (κ3) is 3.74. The lowest BCUT2D eigenvalue weighted by Crippen LogP contribution is -2.47. The molecule has 4 nitrogen and oxygen atoms in total. The van der Waals surface area contributed by atoms with Gasteiger partial charge in [0.25, 0.3) is 0 Å². The summed E-state index contributed by atoms with van der Waals surface area (Å²) in [5.74, 6) is 0.440. The molecule has 0 aromatic carbocycles. The summed E-state index contributed by atoms with van der Waals surface area (Å²) in [6.07, 6.45) is 9.75. The minimum atomic E-state index is -0.420. The van der Waals surface area contributed by atoms with E-state index in [1.807, 2.05) is 6.92 Å². The number of ether oxygens (including phenoxy) is 2. The van der Waals surface area contributed by atoms with Gasteiger partial charge < -0.3 is 9.47 Å². The summed E-state index contributed by atoms with van der Waals surface area (Å²) >= 11 is 0. The summed E-state index contributed by atoms with van der Waals surface area (Å²) < 4.78 is 9.90. The molecule has 0 heterocycles. The molecule has 1 fully saturated rings. The third-order valence-corrected chi connectivity index (χ3v) is 7.06. The molecule has 0 spiro atoms. The first-order valence-electron chi connectivity index (χ1n) is 9.73. The average Bonchev–Trinajstić information content (AvgIpc) is 2.62. The molecule has 0 aromatic rings. The lowest BCUT2D eigenvalue weighted by Gasteiger charge is -2.53. The van der Waals surface area contributed by atoms with E-state index >= 15 is 0 Å². The van der Waals surface area contributed by atoms with E-state index in [9.17, 15) is 9.59 Å². The molecule has 26 heavy (non-hydrogen) atoms. The molecular weight excluding hydrogens is 328 g/mol. The summed E-state index contributed by atoms with van der Waals surface area (Å²) in [5.41, 5.74) is 2.10. The lowest BCUT2D eigenvalue weighted by molar-refractivity contribution is -0.156. The maximum Gasteiger partial charge on any atom is 0.330 e. The van der Waals surface area contributed by atoms with Crippen LogP contribution >= 0.6 is 0 Å². The molecule has 4 atom stereocenters. The largest absolute Gasteiger partial charge is 0.469 e. The monoisotopic (exact) mass is 362 g/mol. The third-order valence-electron chi connectivity index (χ3n) is 7.06. The summed E-state index contributed by atoms with van der Waals surface area (Å²) in [4.78, 5) is 24.0. The second-order valence-corrected chi connectivity index (χ2v) is 8.57. The second-order valence-electron chi connectivity index (χ2n) is 8.57. The van der Waals surface area contributed by atoms with Crippen LogP contribution in [0.4, 0.5) is 0 Å². The topological polar surface area (TPSA) is 52.6 Å². The van der Waals surface area contributed by atoms with Gasteiger partial charge in [0.2, 0.25) is 0 Å². The molecule has 2 aliphatic rings. The number of carbonyl (C=O) groups excluding carboxylic acids is 2. The highest BCUT2D eigenvalue weighted by Gasteiger charge is 2.52. The van der Waals surface area contributed by atoms with E-state index in [-0.39, 0.29) is 23.3 Å². The van der Waals surface area contributed by atoms with E-state index < -0.39 is 5.41 Å². The van der Waals surface area contributed by atoms with Crippen molar-refractivity contribution in [1.82, 2.24) is 0 Å². The predicted octanol–water partition coefficient (Wildman–Crippen LogP) is 4.84. The summed E-state index contributed by atoms with van der Waals surface area (Å²) in [6, 6.07) is 0. The highest BCUT2D eigenvalue weighted by Crippen LogP contribution is 2.58. The van der Waals surface area contributed by atoms with Crippen LogP contribution in [0, 0.1) is 22.7 Å². The fraction of sp³-hybridized carbons (Fsp3) is 0.727. The van der Waals surface area contributed by atoms with Gasteiger partial charge in [0.1, 0.15) is 0 Å². The molecule has 2 aliphatic carbocycles. The van der Waals surface area contributed by atoms with Crippen molar-refractivity contribution in [1.29, 1.82) is 0 Å². The van der Waals surface area contributed by atoms with Gasteiger partial charge in [-0.15, -0.1) is 0 Å². The SMILES string of the molecule is COC(=O)C=C(C)CCC1(C)C2=CCCC(C)(C(=O)OC)C2CCC1C. The van der Waals surface area contributed by atoms with E-state index in [0.29, 0.717) is 5.92 Å². The van der Waals surface area contributed by atoms with Gasteiger partial charge in [-0.2, -0.15) is 0 Å².